The molecule has 9 heavy (non-hydrogen) atoms. The maximum Gasteiger partial charge on any atom is 0.124 e. The number of hydrogen-bond acceptors (Lipinski definition) is 2. The first-order valence-corrected chi connectivity index (χ1v) is 2.67. The zero-order valence-electron chi connectivity index (χ0n) is 5.33. The van der Waals surface area contributed by atoms with Crippen molar-refractivity contribution in [2.45, 2.75) is 6.92 Å². The van der Waals surface area contributed by atoms with Crippen LogP contribution in [-0.4, -0.2) is 9.66 Å². The lowest BCUT2D eigenvalue weighted by molar-refractivity contribution is 0.919. The highest BCUT2D eigenvalue weighted by Gasteiger charge is 1.95. The van der Waals surface area contributed by atoms with E-state index < -0.39 is 0 Å². The fourth-order valence-corrected chi connectivity index (χ4v) is 0.622. The molecule has 1 aromatic rings. The highest BCUT2D eigenvalue weighted by atomic mass is 15.3. The van der Waals surface area contributed by atoms with E-state index in [0.29, 0.717) is 0 Å². The summed E-state index contributed by atoms with van der Waals surface area (Å²) in [5.74, 6) is 6.29. The van der Waals surface area contributed by atoms with Gasteiger partial charge in [-0.05, 0) is 13.0 Å². The van der Waals surface area contributed by atoms with E-state index in [0.717, 1.165) is 11.5 Å². The SMILES string of the molecule is C=Cc1cnc(C)n1N. The molecule has 0 aliphatic heterocycles. The number of aryl methyl sites for hydroxylation is 1. The molecule has 0 aliphatic rings. The molecule has 1 heterocycles. The summed E-state index contributed by atoms with van der Waals surface area (Å²) in [6, 6.07) is 0. The number of nitrogens with two attached hydrogens (primary N) is 1. The number of nitrogen functional groups attached to an aromatic ring is 1. The Bertz CT molecular complexity index is 224. The van der Waals surface area contributed by atoms with Crippen LogP contribution in [0.2, 0.25) is 0 Å². The van der Waals surface area contributed by atoms with Crippen LogP contribution in [0.5, 0.6) is 0 Å². The highest BCUT2D eigenvalue weighted by molar-refractivity contribution is 5.41. The van der Waals surface area contributed by atoms with Crippen molar-refractivity contribution in [1.29, 1.82) is 0 Å². The summed E-state index contributed by atoms with van der Waals surface area (Å²) in [6.45, 7) is 5.40. The summed E-state index contributed by atoms with van der Waals surface area (Å²) < 4.78 is 1.49. The third-order valence-electron chi connectivity index (χ3n) is 1.22. The molecule has 0 unspecified atom stereocenters. The van der Waals surface area contributed by atoms with Gasteiger partial charge in [0.15, 0.2) is 0 Å². The minimum atomic E-state index is 0.796. The van der Waals surface area contributed by atoms with Crippen molar-refractivity contribution in [2.24, 2.45) is 0 Å². The molecule has 1 aromatic heterocycles. The number of aromatic nitrogens is 2. The molecular weight excluding hydrogens is 114 g/mol. The van der Waals surface area contributed by atoms with Crippen LogP contribution >= 0.6 is 0 Å². The first-order valence-electron chi connectivity index (χ1n) is 2.67. The Balaban J connectivity index is 3.18. The van der Waals surface area contributed by atoms with Crippen molar-refractivity contribution < 1.29 is 0 Å². The summed E-state index contributed by atoms with van der Waals surface area (Å²) in [7, 11) is 0. The largest absolute Gasteiger partial charge is 0.337 e. The predicted octanol–water partition coefficient (Wildman–Crippen LogP) is 0.548. The van der Waals surface area contributed by atoms with E-state index in [1.54, 1.807) is 12.3 Å². The van der Waals surface area contributed by atoms with Crippen LogP contribution in [0, 0.1) is 6.92 Å². The van der Waals surface area contributed by atoms with E-state index in [4.69, 9.17) is 5.84 Å². The van der Waals surface area contributed by atoms with Gasteiger partial charge < -0.3 is 5.84 Å². The van der Waals surface area contributed by atoms with E-state index in [2.05, 4.69) is 11.6 Å². The summed E-state index contributed by atoms with van der Waals surface area (Å²) in [5.41, 5.74) is 0.840. The van der Waals surface area contributed by atoms with Gasteiger partial charge in [0.25, 0.3) is 0 Å². The molecule has 48 valence electrons. The molecule has 2 N–H and O–H groups in total. The van der Waals surface area contributed by atoms with Gasteiger partial charge in [0, 0.05) is 0 Å². The third kappa shape index (κ3) is 0.806. The summed E-state index contributed by atoms with van der Waals surface area (Å²) in [5, 5.41) is 0. The molecule has 3 nitrogen and oxygen atoms in total. The van der Waals surface area contributed by atoms with Gasteiger partial charge in [-0.15, -0.1) is 0 Å². The number of hydrogen-bond donors (Lipinski definition) is 1. The van der Waals surface area contributed by atoms with Crippen molar-refractivity contribution >= 4 is 6.08 Å². The van der Waals surface area contributed by atoms with E-state index in [1.165, 1.54) is 4.68 Å². The van der Waals surface area contributed by atoms with Gasteiger partial charge in [0.05, 0.1) is 11.9 Å². The van der Waals surface area contributed by atoms with Gasteiger partial charge in [-0.1, -0.05) is 6.58 Å². The minimum absolute atomic E-state index is 0.796. The van der Waals surface area contributed by atoms with Gasteiger partial charge >= 0.3 is 0 Å². The van der Waals surface area contributed by atoms with Crippen LogP contribution in [0.15, 0.2) is 12.8 Å². The standard InChI is InChI=1S/C6H9N3/c1-3-6-4-8-5(2)9(6)7/h3-4H,1,7H2,2H3. The van der Waals surface area contributed by atoms with E-state index in [1.807, 2.05) is 6.92 Å². The number of nitrogens with zero attached hydrogens (tertiary/aromatic N) is 2. The van der Waals surface area contributed by atoms with Crippen LogP contribution in [0.25, 0.3) is 6.08 Å². The van der Waals surface area contributed by atoms with Crippen LogP contribution in [0.3, 0.4) is 0 Å². The molecule has 0 aromatic carbocycles. The van der Waals surface area contributed by atoms with Crippen LogP contribution in [0.1, 0.15) is 11.5 Å². The quantitative estimate of drug-likeness (QED) is 0.554. The van der Waals surface area contributed by atoms with Gasteiger partial charge in [-0.2, -0.15) is 0 Å². The Morgan fingerprint density at radius 1 is 1.89 bits per heavy atom. The zero-order valence-corrected chi connectivity index (χ0v) is 5.33. The fourth-order valence-electron chi connectivity index (χ4n) is 0.622. The number of rotatable bonds is 1. The van der Waals surface area contributed by atoms with E-state index in [9.17, 15) is 0 Å². The summed E-state index contributed by atoms with van der Waals surface area (Å²) in [6.07, 6.45) is 3.35. The lowest BCUT2D eigenvalue weighted by atomic mass is 10.5. The molecule has 0 bridgehead atoms. The molecule has 0 spiro atoms. The first-order chi connectivity index (χ1) is 4.25. The molecule has 0 atom stereocenters. The smallest absolute Gasteiger partial charge is 0.124 e. The molecule has 0 saturated heterocycles. The third-order valence-corrected chi connectivity index (χ3v) is 1.22. The fraction of sp³-hybridized carbons (Fsp3) is 0.167. The van der Waals surface area contributed by atoms with Gasteiger partial charge in [0.2, 0.25) is 0 Å². The van der Waals surface area contributed by atoms with Gasteiger partial charge in [-0.3, -0.25) is 0 Å². The van der Waals surface area contributed by atoms with Gasteiger partial charge in [-0.25, -0.2) is 9.66 Å². The monoisotopic (exact) mass is 123 g/mol. The lowest BCUT2D eigenvalue weighted by Crippen LogP contribution is -2.11. The maximum absolute atomic E-state index is 5.50. The average Bonchev–Trinajstić information content (AvgIpc) is 2.15. The second kappa shape index (κ2) is 1.93. The van der Waals surface area contributed by atoms with Crippen LogP contribution < -0.4 is 5.84 Å². The molecule has 0 amide bonds. The van der Waals surface area contributed by atoms with Crippen LogP contribution in [-0.2, 0) is 0 Å². The minimum Gasteiger partial charge on any atom is -0.337 e. The Morgan fingerprint density at radius 2 is 2.56 bits per heavy atom. The van der Waals surface area contributed by atoms with E-state index in [-0.39, 0.29) is 0 Å². The lowest BCUT2D eigenvalue weighted by Gasteiger charge is -1.95. The molecular formula is C6H9N3. The second-order valence-electron chi connectivity index (χ2n) is 1.80. The van der Waals surface area contributed by atoms with Crippen molar-refractivity contribution in [3.63, 3.8) is 0 Å². The van der Waals surface area contributed by atoms with Gasteiger partial charge in [0.1, 0.15) is 5.82 Å². The Kier molecular flexibility index (Phi) is 1.26. The average molecular weight is 123 g/mol. The molecule has 3 heteroatoms. The molecule has 0 radical (unpaired) electrons. The molecule has 1 rings (SSSR count). The predicted molar refractivity (Wildman–Crippen MR) is 37.2 cm³/mol. The zero-order chi connectivity index (χ0) is 6.85. The summed E-state index contributed by atoms with van der Waals surface area (Å²) in [4.78, 5) is 3.95. The second-order valence-corrected chi connectivity index (χ2v) is 1.80. The van der Waals surface area contributed by atoms with Crippen molar-refractivity contribution in [3.8, 4) is 0 Å². The number of imidazole rings is 1. The normalized spacial score (nSPS) is 9.44. The molecule has 0 fully saturated rings. The summed E-state index contributed by atoms with van der Waals surface area (Å²) >= 11 is 0. The Hall–Kier alpha value is -1.25. The Morgan fingerprint density at radius 3 is 2.78 bits per heavy atom. The van der Waals surface area contributed by atoms with Crippen LogP contribution in [0.4, 0.5) is 0 Å². The van der Waals surface area contributed by atoms with Crippen molar-refractivity contribution in [2.75, 3.05) is 5.84 Å². The van der Waals surface area contributed by atoms with Crippen molar-refractivity contribution in [3.05, 3.63) is 24.3 Å². The maximum atomic E-state index is 5.50. The highest BCUT2D eigenvalue weighted by Crippen LogP contribution is 1.99. The Labute approximate surface area is 53.8 Å². The molecule has 0 saturated carbocycles. The van der Waals surface area contributed by atoms with Crippen molar-refractivity contribution in [1.82, 2.24) is 9.66 Å². The first kappa shape index (κ1) is 5.88. The van der Waals surface area contributed by atoms with E-state index >= 15 is 0 Å². The topological polar surface area (TPSA) is 43.8 Å². The molecule has 0 aliphatic carbocycles.